The summed E-state index contributed by atoms with van der Waals surface area (Å²) in [5.74, 6) is 2.64. The van der Waals surface area contributed by atoms with Crippen molar-refractivity contribution in [1.82, 2.24) is 0 Å². The van der Waals surface area contributed by atoms with Gasteiger partial charge >= 0.3 is 0 Å². The fourth-order valence-electron chi connectivity index (χ4n) is 0.852. The van der Waals surface area contributed by atoms with Gasteiger partial charge in [0.05, 0.1) is 0 Å². The van der Waals surface area contributed by atoms with Crippen molar-refractivity contribution in [3.05, 3.63) is 29.8 Å². The van der Waals surface area contributed by atoms with E-state index in [0.29, 0.717) is 6.61 Å². The summed E-state index contributed by atoms with van der Waals surface area (Å²) in [6.45, 7) is 2.18. The van der Waals surface area contributed by atoms with Crippen LogP contribution in [0.25, 0.3) is 0 Å². The molecule has 0 saturated carbocycles. The minimum absolute atomic E-state index is 0.452. The van der Waals surface area contributed by atoms with Crippen LogP contribution in [0.1, 0.15) is 12.5 Å². The van der Waals surface area contributed by atoms with Crippen molar-refractivity contribution in [1.29, 1.82) is 0 Å². The van der Waals surface area contributed by atoms with Crippen molar-refractivity contribution in [2.45, 2.75) is 13.5 Å². The number of para-hydroxylation sites is 1. The van der Waals surface area contributed by atoms with Crippen LogP contribution in [-0.2, 0) is 11.3 Å². The Bertz CT molecular complexity index is 309. The summed E-state index contributed by atoms with van der Waals surface area (Å²) < 4.78 is 5.01. The minimum atomic E-state index is 0.452. The molecule has 0 fully saturated rings. The third-order valence-corrected chi connectivity index (χ3v) is 1.46. The molecule has 2 heteroatoms. The first-order valence-corrected chi connectivity index (χ1v) is 3.71. The highest BCUT2D eigenvalue weighted by molar-refractivity contribution is 5.45. The molecule has 0 unspecified atom stereocenters. The van der Waals surface area contributed by atoms with Crippen LogP contribution < -0.4 is 5.73 Å². The molecule has 0 radical (unpaired) electrons. The smallest absolute Gasteiger partial charge is 0.127 e. The Hall–Kier alpha value is -1.62. The molecule has 62 valence electrons. The molecular weight excluding hydrogens is 150 g/mol. The fourth-order valence-corrected chi connectivity index (χ4v) is 0.852. The van der Waals surface area contributed by atoms with E-state index in [0.717, 1.165) is 11.3 Å². The number of nitrogen functional groups attached to an aromatic ring is 1. The Labute approximate surface area is 72.3 Å². The average Bonchev–Trinajstić information content (AvgIpc) is 2.09. The highest BCUT2D eigenvalue weighted by atomic mass is 16.5. The predicted molar refractivity (Wildman–Crippen MR) is 49.1 cm³/mol. The normalized spacial score (nSPS) is 8.42. The zero-order valence-corrected chi connectivity index (χ0v) is 7.00. The molecule has 0 bridgehead atoms. The number of hydrogen-bond donors (Lipinski definition) is 1. The lowest BCUT2D eigenvalue weighted by atomic mass is 10.2. The van der Waals surface area contributed by atoms with Crippen LogP contribution in [0.5, 0.6) is 0 Å². The number of hydrogen-bond acceptors (Lipinski definition) is 2. The maximum atomic E-state index is 5.67. The lowest BCUT2D eigenvalue weighted by molar-refractivity contribution is 0.265. The van der Waals surface area contributed by atoms with Gasteiger partial charge in [-0.2, -0.15) is 0 Å². The first kappa shape index (κ1) is 8.48. The van der Waals surface area contributed by atoms with Crippen LogP contribution in [0.15, 0.2) is 24.3 Å². The van der Waals surface area contributed by atoms with E-state index in [2.05, 4.69) is 12.0 Å². The van der Waals surface area contributed by atoms with Gasteiger partial charge in [-0.3, -0.25) is 0 Å². The Morgan fingerprint density at radius 1 is 1.42 bits per heavy atom. The molecule has 1 aromatic rings. The quantitative estimate of drug-likeness (QED) is 0.530. The first-order valence-electron chi connectivity index (χ1n) is 3.71. The number of nitrogens with two attached hydrogens (primary N) is 1. The summed E-state index contributed by atoms with van der Waals surface area (Å²) in [6, 6.07) is 7.59. The lowest BCUT2D eigenvalue weighted by Gasteiger charge is -2.01. The molecule has 0 spiro atoms. The second kappa shape index (κ2) is 4.30. The van der Waals surface area contributed by atoms with E-state index in [1.807, 2.05) is 24.3 Å². The highest BCUT2D eigenvalue weighted by Gasteiger charge is 1.95. The molecule has 0 aromatic heterocycles. The maximum Gasteiger partial charge on any atom is 0.127 e. The minimum Gasteiger partial charge on any atom is -0.442 e. The molecule has 0 amide bonds. The van der Waals surface area contributed by atoms with Crippen molar-refractivity contribution in [3.8, 4) is 12.0 Å². The van der Waals surface area contributed by atoms with Gasteiger partial charge in [-0.1, -0.05) is 24.1 Å². The zero-order chi connectivity index (χ0) is 8.81. The molecule has 0 aliphatic rings. The average molecular weight is 161 g/mol. The molecule has 0 heterocycles. The molecule has 12 heavy (non-hydrogen) atoms. The van der Waals surface area contributed by atoms with Crippen molar-refractivity contribution in [2.24, 2.45) is 0 Å². The Balaban J connectivity index is 2.61. The third kappa shape index (κ3) is 2.21. The monoisotopic (exact) mass is 161 g/mol. The van der Waals surface area contributed by atoms with Gasteiger partial charge in [0, 0.05) is 18.2 Å². The van der Waals surface area contributed by atoms with Crippen LogP contribution in [0.3, 0.4) is 0 Å². The lowest BCUT2D eigenvalue weighted by Crippen LogP contribution is -1.94. The standard InChI is InChI=1S/C10H11NO/c1-2-7-12-8-9-5-3-4-6-10(9)11/h3-6H,8,11H2,1H3. The molecular formula is C10H11NO. The SMILES string of the molecule is CC#COCc1ccccc1N. The van der Waals surface area contributed by atoms with Gasteiger partial charge in [-0.15, -0.1) is 0 Å². The second-order valence-electron chi connectivity index (χ2n) is 2.34. The van der Waals surface area contributed by atoms with Gasteiger partial charge in [-0.25, -0.2) is 0 Å². The number of ether oxygens (including phenoxy) is 1. The highest BCUT2D eigenvalue weighted by Crippen LogP contribution is 2.10. The summed E-state index contributed by atoms with van der Waals surface area (Å²) in [5, 5.41) is 0. The Kier molecular flexibility index (Phi) is 3.04. The molecule has 2 N–H and O–H groups in total. The van der Waals surface area contributed by atoms with E-state index in [4.69, 9.17) is 10.5 Å². The van der Waals surface area contributed by atoms with E-state index in [1.165, 1.54) is 0 Å². The Morgan fingerprint density at radius 2 is 2.17 bits per heavy atom. The topological polar surface area (TPSA) is 35.2 Å². The molecule has 1 rings (SSSR count). The number of rotatable bonds is 2. The summed E-state index contributed by atoms with van der Waals surface area (Å²) in [7, 11) is 0. The van der Waals surface area contributed by atoms with E-state index < -0.39 is 0 Å². The van der Waals surface area contributed by atoms with E-state index in [9.17, 15) is 0 Å². The molecule has 0 atom stereocenters. The molecule has 1 aromatic carbocycles. The van der Waals surface area contributed by atoms with Gasteiger partial charge < -0.3 is 10.5 Å². The maximum absolute atomic E-state index is 5.67. The van der Waals surface area contributed by atoms with Gasteiger partial charge in [0.15, 0.2) is 0 Å². The van der Waals surface area contributed by atoms with Crippen LogP contribution >= 0.6 is 0 Å². The largest absolute Gasteiger partial charge is 0.442 e. The summed E-state index contributed by atoms with van der Waals surface area (Å²) in [5.41, 5.74) is 7.39. The van der Waals surface area contributed by atoms with Crippen molar-refractivity contribution < 1.29 is 4.74 Å². The Morgan fingerprint density at radius 3 is 2.83 bits per heavy atom. The molecule has 0 saturated heterocycles. The van der Waals surface area contributed by atoms with Gasteiger partial charge in [0.1, 0.15) is 12.7 Å². The number of anilines is 1. The van der Waals surface area contributed by atoms with Crippen molar-refractivity contribution in [2.75, 3.05) is 5.73 Å². The van der Waals surface area contributed by atoms with Gasteiger partial charge in [0.2, 0.25) is 0 Å². The van der Waals surface area contributed by atoms with Crippen molar-refractivity contribution >= 4 is 5.69 Å². The van der Waals surface area contributed by atoms with Gasteiger partial charge in [0.25, 0.3) is 0 Å². The zero-order valence-electron chi connectivity index (χ0n) is 7.00. The van der Waals surface area contributed by atoms with E-state index >= 15 is 0 Å². The second-order valence-corrected chi connectivity index (χ2v) is 2.34. The number of benzene rings is 1. The fraction of sp³-hybridized carbons (Fsp3) is 0.200. The van der Waals surface area contributed by atoms with Crippen LogP contribution in [0, 0.1) is 12.0 Å². The van der Waals surface area contributed by atoms with Crippen molar-refractivity contribution in [3.63, 3.8) is 0 Å². The van der Waals surface area contributed by atoms with E-state index in [-0.39, 0.29) is 0 Å². The summed E-state index contributed by atoms with van der Waals surface area (Å²) in [6.07, 6.45) is 2.52. The summed E-state index contributed by atoms with van der Waals surface area (Å²) in [4.78, 5) is 0. The first-order chi connectivity index (χ1) is 5.84. The predicted octanol–water partition coefficient (Wildman–Crippen LogP) is 1.77. The van der Waals surface area contributed by atoms with Crippen LogP contribution in [0.2, 0.25) is 0 Å². The molecule has 2 nitrogen and oxygen atoms in total. The van der Waals surface area contributed by atoms with Crippen LogP contribution in [0.4, 0.5) is 5.69 Å². The molecule has 0 aliphatic carbocycles. The summed E-state index contributed by atoms with van der Waals surface area (Å²) >= 11 is 0. The van der Waals surface area contributed by atoms with Crippen LogP contribution in [-0.4, -0.2) is 0 Å². The van der Waals surface area contributed by atoms with E-state index in [1.54, 1.807) is 6.92 Å². The molecule has 0 aliphatic heterocycles. The van der Waals surface area contributed by atoms with Gasteiger partial charge in [-0.05, 0) is 6.07 Å². The third-order valence-electron chi connectivity index (χ3n) is 1.46.